The van der Waals surface area contributed by atoms with Gasteiger partial charge in [-0.1, -0.05) is 12.1 Å². The Hall–Kier alpha value is -3.25. The van der Waals surface area contributed by atoms with Gasteiger partial charge in [0.2, 0.25) is 0 Å². The SMILES string of the molecule is CC(=O)c1cc(Cc2ccncc2)cc(-c2cccc([N+](=O)[O-])c2)c1O.Cl. The third kappa shape index (κ3) is 4.48. The number of phenolic OH excluding ortho intramolecular Hbond substituents is 1. The molecule has 0 radical (unpaired) electrons. The van der Waals surface area contributed by atoms with Crippen LogP contribution in [0.1, 0.15) is 28.4 Å². The van der Waals surface area contributed by atoms with Crippen LogP contribution >= 0.6 is 12.4 Å². The second kappa shape index (κ2) is 8.42. The number of pyridine rings is 1. The third-order valence-corrected chi connectivity index (χ3v) is 4.07. The summed E-state index contributed by atoms with van der Waals surface area (Å²) in [6.07, 6.45) is 3.91. The van der Waals surface area contributed by atoms with E-state index in [0.29, 0.717) is 17.5 Å². The van der Waals surface area contributed by atoms with Crippen LogP contribution in [0.3, 0.4) is 0 Å². The maximum absolute atomic E-state index is 12.0. The van der Waals surface area contributed by atoms with Gasteiger partial charge >= 0.3 is 0 Å². The minimum atomic E-state index is -0.493. The highest BCUT2D eigenvalue weighted by atomic mass is 35.5. The average Bonchev–Trinajstić information content (AvgIpc) is 2.63. The normalized spacial score (nSPS) is 10.1. The molecule has 0 aliphatic carbocycles. The van der Waals surface area contributed by atoms with Crippen LogP contribution in [0, 0.1) is 10.1 Å². The number of nitro groups is 1. The molecule has 0 spiro atoms. The topological polar surface area (TPSA) is 93.3 Å². The molecule has 2 aromatic carbocycles. The first-order valence-corrected chi connectivity index (χ1v) is 7.96. The van der Waals surface area contributed by atoms with Crippen molar-refractivity contribution in [1.82, 2.24) is 4.98 Å². The zero-order chi connectivity index (χ0) is 18.7. The standard InChI is InChI=1S/C20H16N2O4.ClH/c1-13(23)18-10-15(9-14-5-7-21-8-6-14)11-19(20(18)24)16-3-2-4-17(12-16)22(25)26;/h2-8,10-12,24H,9H2,1H3;1H. The molecule has 27 heavy (non-hydrogen) atoms. The fourth-order valence-electron chi connectivity index (χ4n) is 2.81. The van der Waals surface area contributed by atoms with Gasteiger partial charge in [0.15, 0.2) is 5.78 Å². The molecular formula is C20H17ClN2O4. The Kier molecular flexibility index (Phi) is 6.26. The fourth-order valence-corrected chi connectivity index (χ4v) is 2.81. The molecule has 0 saturated carbocycles. The van der Waals surface area contributed by atoms with Crippen molar-refractivity contribution in [2.45, 2.75) is 13.3 Å². The number of aromatic nitrogens is 1. The summed E-state index contributed by atoms with van der Waals surface area (Å²) in [6, 6.07) is 13.1. The second-order valence-corrected chi connectivity index (χ2v) is 5.94. The first-order chi connectivity index (χ1) is 12.5. The molecule has 0 saturated heterocycles. The van der Waals surface area contributed by atoms with Gasteiger partial charge in [-0.2, -0.15) is 0 Å². The largest absolute Gasteiger partial charge is 0.507 e. The summed E-state index contributed by atoms with van der Waals surface area (Å²) in [4.78, 5) is 26.5. The smallest absolute Gasteiger partial charge is 0.270 e. The van der Waals surface area contributed by atoms with Crippen molar-refractivity contribution >= 4 is 23.9 Å². The van der Waals surface area contributed by atoms with E-state index in [1.807, 2.05) is 12.1 Å². The number of non-ortho nitro benzene ring substituents is 1. The van der Waals surface area contributed by atoms with Gasteiger partial charge in [-0.15, -0.1) is 12.4 Å². The van der Waals surface area contributed by atoms with Crippen molar-refractivity contribution in [3.8, 4) is 16.9 Å². The number of nitro benzene ring substituents is 1. The highest BCUT2D eigenvalue weighted by Crippen LogP contribution is 2.36. The zero-order valence-corrected chi connectivity index (χ0v) is 15.3. The molecule has 0 unspecified atom stereocenters. The summed E-state index contributed by atoms with van der Waals surface area (Å²) in [5.74, 6) is -0.442. The van der Waals surface area contributed by atoms with E-state index >= 15 is 0 Å². The van der Waals surface area contributed by atoms with E-state index in [-0.39, 0.29) is 35.2 Å². The number of aromatic hydroxyl groups is 1. The number of phenols is 1. The molecular weight excluding hydrogens is 368 g/mol. The van der Waals surface area contributed by atoms with E-state index in [1.54, 1.807) is 36.7 Å². The Balaban J connectivity index is 0.00000261. The molecule has 3 aromatic rings. The molecule has 0 bridgehead atoms. The number of ketones is 1. The number of halogens is 1. The number of hydrogen-bond donors (Lipinski definition) is 1. The first-order valence-electron chi connectivity index (χ1n) is 7.96. The van der Waals surface area contributed by atoms with Gasteiger partial charge in [0.05, 0.1) is 10.5 Å². The Morgan fingerprint density at radius 3 is 2.44 bits per heavy atom. The molecule has 0 aliphatic heterocycles. The van der Waals surface area contributed by atoms with Gasteiger partial charge < -0.3 is 5.11 Å². The summed E-state index contributed by atoms with van der Waals surface area (Å²) in [6.45, 7) is 1.38. The second-order valence-electron chi connectivity index (χ2n) is 5.94. The summed E-state index contributed by atoms with van der Waals surface area (Å²) < 4.78 is 0. The number of carbonyl (C=O) groups is 1. The van der Waals surface area contributed by atoms with Crippen LogP contribution in [-0.4, -0.2) is 20.8 Å². The van der Waals surface area contributed by atoms with Crippen LogP contribution in [-0.2, 0) is 6.42 Å². The predicted octanol–water partition coefficient (Wildman–Crippen LogP) is 4.58. The molecule has 0 fully saturated rings. The van der Waals surface area contributed by atoms with Crippen LogP contribution < -0.4 is 0 Å². The molecule has 6 nitrogen and oxygen atoms in total. The maximum Gasteiger partial charge on any atom is 0.270 e. The fraction of sp³-hybridized carbons (Fsp3) is 0.100. The lowest BCUT2D eigenvalue weighted by Gasteiger charge is -2.12. The summed E-state index contributed by atoms with van der Waals surface area (Å²) in [5, 5.41) is 21.6. The van der Waals surface area contributed by atoms with Crippen molar-refractivity contribution in [1.29, 1.82) is 0 Å². The van der Waals surface area contributed by atoms with Gasteiger partial charge in [-0.05, 0) is 54.3 Å². The van der Waals surface area contributed by atoms with Crippen LogP contribution in [0.5, 0.6) is 5.75 Å². The molecule has 1 N–H and O–H groups in total. The van der Waals surface area contributed by atoms with Crippen molar-refractivity contribution < 1.29 is 14.8 Å². The quantitative estimate of drug-likeness (QED) is 0.395. The lowest BCUT2D eigenvalue weighted by Crippen LogP contribution is -1.99. The summed E-state index contributed by atoms with van der Waals surface area (Å²) >= 11 is 0. The highest BCUT2D eigenvalue weighted by Gasteiger charge is 2.17. The number of hydrogen-bond acceptors (Lipinski definition) is 5. The van der Waals surface area contributed by atoms with E-state index in [2.05, 4.69) is 4.98 Å². The van der Waals surface area contributed by atoms with E-state index in [0.717, 1.165) is 11.1 Å². The number of benzene rings is 2. The van der Waals surface area contributed by atoms with Crippen LogP contribution in [0.25, 0.3) is 11.1 Å². The summed E-state index contributed by atoms with van der Waals surface area (Å²) in [5.41, 5.74) is 2.82. The molecule has 0 amide bonds. The minimum absolute atomic E-state index is 0. The molecule has 1 aromatic heterocycles. The summed E-state index contributed by atoms with van der Waals surface area (Å²) in [7, 11) is 0. The molecule has 0 aliphatic rings. The minimum Gasteiger partial charge on any atom is -0.507 e. The lowest BCUT2D eigenvalue weighted by molar-refractivity contribution is -0.384. The molecule has 7 heteroatoms. The maximum atomic E-state index is 12.0. The van der Waals surface area contributed by atoms with Gasteiger partial charge in [0.25, 0.3) is 5.69 Å². The van der Waals surface area contributed by atoms with Crippen molar-refractivity contribution in [3.63, 3.8) is 0 Å². The molecule has 3 rings (SSSR count). The van der Waals surface area contributed by atoms with Gasteiger partial charge in [-0.25, -0.2) is 0 Å². The highest BCUT2D eigenvalue weighted by molar-refractivity contribution is 5.99. The lowest BCUT2D eigenvalue weighted by atomic mass is 9.94. The molecule has 138 valence electrons. The number of nitrogens with zero attached hydrogens (tertiary/aromatic N) is 2. The van der Waals surface area contributed by atoms with Crippen LogP contribution in [0.2, 0.25) is 0 Å². The van der Waals surface area contributed by atoms with E-state index < -0.39 is 4.92 Å². The van der Waals surface area contributed by atoms with Crippen LogP contribution in [0.15, 0.2) is 60.9 Å². The van der Waals surface area contributed by atoms with Gasteiger partial charge in [-0.3, -0.25) is 19.9 Å². The van der Waals surface area contributed by atoms with Gasteiger partial charge in [0, 0.05) is 30.1 Å². The van der Waals surface area contributed by atoms with Crippen molar-refractivity contribution in [2.24, 2.45) is 0 Å². The number of Topliss-reactive ketones (excluding diaryl/α,β-unsaturated/α-hetero) is 1. The Morgan fingerprint density at radius 1 is 1.11 bits per heavy atom. The van der Waals surface area contributed by atoms with E-state index in [1.165, 1.54) is 19.1 Å². The third-order valence-electron chi connectivity index (χ3n) is 4.07. The molecule has 0 atom stereocenters. The van der Waals surface area contributed by atoms with Crippen molar-refractivity contribution in [2.75, 3.05) is 0 Å². The average molecular weight is 385 g/mol. The first kappa shape index (κ1) is 20.1. The van der Waals surface area contributed by atoms with E-state index in [9.17, 15) is 20.0 Å². The number of carbonyl (C=O) groups excluding carboxylic acids is 1. The van der Waals surface area contributed by atoms with Crippen molar-refractivity contribution in [3.05, 3.63) is 87.7 Å². The Morgan fingerprint density at radius 2 is 1.81 bits per heavy atom. The van der Waals surface area contributed by atoms with E-state index in [4.69, 9.17) is 0 Å². The zero-order valence-electron chi connectivity index (χ0n) is 14.5. The monoisotopic (exact) mass is 384 g/mol. The Labute approximate surface area is 162 Å². The molecule has 1 heterocycles. The predicted molar refractivity (Wildman–Crippen MR) is 104 cm³/mol. The van der Waals surface area contributed by atoms with Gasteiger partial charge in [0.1, 0.15) is 5.75 Å². The van der Waals surface area contributed by atoms with Crippen LogP contribution in [0.4, 0.5) is 5.69 Å². The number of rotatable bonds is 5. The Bertz CT molecular complexity index is 991.